The minimum atomic E-state index is 0.139. The number of hydrogen-bond donors (Lipinski definition) is 0. The number of fused-ring (bicyclic) bond motifs is 2. The maximum atomic E-state index is 13.3. The first-order chi connectivity index (χ1) is 13.6. The van der Waals surface area contributed by atoms with Gasteiger partial charge in [-0.25, -0.2) is 4.98 Å². The lowest BCUT2D eigenvalue weighted by atomic mass is 9.88. The Morgan fingerprint density at radius 2 is 1.82 bits per heavy atom. The van der Waals surface area contributed by atoms with Crippen LogP contribution in [-0.4, -0.2) is 56.2 Å². The standard InChI is InChI=1S/C21H29N3O3S/c1-23(2)9-6-10-24(20(25)15-7-4-3-5-8-15)21-22-16-13-17-18(14-19(16)28-21)27-12-11-26-17/h13-15H,3-12H2,1-2H3. The fraction of sp³-hybridized carbons (Fsp3) is 0.619. The normalized spacial score (nSPS) is 17.2. The molecule has 1 aliphatic carbocycles. The fourth-order valence-electron chi connectivity index (χ4n) is 3.98. The van der Waals surface area contributed by atoms with Crippen molar-refractivity contribution >= 4 is 32.6 Å². The number of anilines is 1. The second-order valence-corrected chi connectivity index (χ2v) is 8.95. The van der Waals surface area contributed by atoms with Gasteiger partial charge < -0.3 is 14.4 Å². The van der Waals surface area contributed by atoms with Gasteiger partial charge in [-0.05, 0) is 39.9 Å². The molecule has 2 heterocycles. The Hall–Kier alpha value is -1.86. The lowest BCUT2D eigenvalue weighted by molar-refractivity contribution is -0.123. The van der Waals surface area contributed by atoms with Crippen LogP contribution in [0.15, 0.2) is 12.1 Å². The zero-order valence-corrected chi connectivity index (χ0v) is 17.6. The largest absolute Gasteiger partial charge is 0.486 e. The number of hydrogen-bond acceptors (Lipinski definition) is 6. The number of rotatable bonds is 6. The highest BCUT2D eigenvalue weighted by atomic mass is 32.1. The van der Waals surface area contributed by atoms with E-state index in [1.54, 1.807) is 11.3 Å². The van der Waals surface area contributed by atoms with Gasteiger partial charge in [0, 0.05) is 24.6 Å². The van der Waals surface area contributed by atoms with Crippen LogP contribution >= 0.6 is 11.3 Å². The molecule has 7 heteroatoms. The summed E-state index contributed by atoms with van der Waals surface area (Å²) in [4.78, 5) is 22.2. The first-order valence-electron chi connectivity index (χ1n) is 10.3. The molecule has 1 aliphatic heterocycles. The second kappa shape index (κ2) is 8.66. The summed E-state index contributed by atoms with van der Waals surface area (Å²) in [5.74, 6) is 1.90. The van der Waals surface area contributed by atoms with Crippen LogP contribution in [0.1, 0.15) is 38.5 Å². The van der Waals surface area contributed by atoms with Gasteiger partial charge in [0.2, 0.25) is 5.91 Å². The van der Waals surface area contributed by atoms with E-state index in [1.165, 1.54) is 6.42 Å². The summed E-state index contributed by atoms with van der Waals surface area (Å²) < 4.78 is 12.4. The summed E-state index contributed by atoms with van der Waals surface area (Å²) in [5.41, 5.74) is 0.873. The molecule has 1 aromatic carbocycles. The van der Waals surface area contributed by atoms with Crippen LogP contribution in [0, 0.1) is 5.92 Å². The van der Waals surface area contributed by atoms with E-state index in [4.69, 9.17) is 14.5 Å². The van der Waals surface area contributed by atoms with Gasteiger partial charge in [0.25, 0.3) is 0 Å². The third-order valence-corrected chi connectivity index (χ3v) is 6.52. The van der Waals surface area contributed by atoms with E-state index < -0.39 is 0 Å². The Balaban J connectivity index is 1.61. The Morgan fingerprint density at radius 3 is 2.54 bits per heavy atom. The van der Waals surface area contributed by atoms with Crippen molar-refractivity contribution in [2.45, 2.75) is 38.5 Å². The zero-order valence-electron chi connectivity index (χ0n) is 16.8. The molecule has 0 bridgehead atoms. The smallest absolute Gasteiger partial charge is 0.231 e. The number of aromatic nitrogens is 1. The first kappa shape index (κ1) is 19.5. The average molecular weight is 404 g/mol. The number of carbonyl (C=O) groups is 1. The number of amides is 1. The Kier molecular flexibility index (Phi) is 6.01. The number of benzene rings is 1. The minimum absolute atomic E-state index is 0.139. The van der Waals surface area contributed by atoms with Crippen LogP contribution in [0.25, 0.3) is 10.2 Å². The van der Waals surface area contributed by atoms with Crippen LogP contribution in [0.2, 0.25) is 0 Å². The molecule has 4 rings (SSSR count). The molecule has 1 fully saturated rings. The van der Waals surface area contributed by atoms with Crippen LogP contribution < -0.4 is 14.4 Å². The van der Waals surface area contributed by atoms with Crippen molar-refractivity contribution in [3.63, 3.8) is 0 Å². The lowest BCUT2D eigenvalue weighted by Crippen LogP contribution is -2.38. The van der Waals surface area contributed by atoms with E-state index in [1.807, 2.05) is 17.0 Å². The summed E-state index contributed by atoms with van der Waals surface area (Å²) >= 11 is 1.57. The van der Waals surface area contributed by atoms with Crippen molar-refractivity contribution in [2.24, 2.45) is 5.92 Å². The molecule has 1 saturated carbocycles. The topological polar surface area (TPSA) is 54.9 Å². The van der Waals surface area contributed by atoms with Crippen LogP contribution in [0.4, 0.5) is 5.13 Å². The van der Waals surface area contributed by atoms with Crippen LogP contribution in [0.3, 0.4) is 0 Å². The highest BCUT2D eigenvalue weighted by Crippen LogP contribution is 2.39. The first-order valence-corrected chi connectivity index (χ1v) is 11.1. The van der Waals surface area contributed by atoms with Crippen molar-refractivity contribution in [3.05, 3.63) is 12.1 Å². The monoisotopic (exact) mass is 403 g/mol. The van der Waals surface area contributed by atoms with Crippen molar-refractivity contribution in [3.8, 4) is 11.5 Å². The molecular formula is C21H29N3O3S. The maximum Gasteiger partial charge on any atom is 0.231 e. The third-order valence-electron chi connectivity index (χ3n) is 5.48. The Labute approximate surface area is 170 Å². The van der Waals surface area contributed by atoms with Gasteiger partial charge >= 0.3 is 0 Å². The SMILES string of the molecule is CN(C)CCCN(C(=O)C1CCCCC1)c1nc2cc3c(cc2s1)OCCO3. The Bertz CT molecular complexity index is 787. The zero-order chi connectivity index (χ0) is 19.5. The van der Waals surface area contributed by atoms with Crippen molar-refractivity contribution in [1.82, 2.24) is 9.88 Å². The van der Waals surface area contributed by atoms with Gasteiger partial charge in [0.05, 0.1) is 10.2 Å². The predicted molar refractivity (Wildman–Crippen MR) is 113 cm³/mol. The van der Waals surface area contributed by atoms with E-state index in [0.29, 0.717) is 19.8 Å². The van der Waals surface area contributed by atoms with Gasteiger partial charge in [-0.1, -0.05) is 30.6 Å². The van der Waals surface area contributed by atoms with Crippen LogP contribution in [0.5, 0.6) is 11.5 Å². The summed E-state index contributed by atoms with van der Waals surface area (Å²) in [5, 5.41) is 0.798. The molecular weight excluding hydrogens is 374 g/mol. The second-order valence-electron chi connectivity index (χ2n) is 7.94. The number of ether oxygens (including phenoxy) is 2. The molecule has 6 nitrogen and oxygen atoms in total. The van der Waals surface area contributed by atoms with Gasteiger partial charge in [0.15, 0.2) is 16.6 Å². The Morgan fingerprint density at radius 1 is 1.11 bits per heavy atom. The molecule has 2 aliphatic rings. The number of nitrogens with zero attached hydrogens (tertiary/aromatic N) is 3. The van der Waals surface area contributed by atoms with Crippen LogP contribution in [-0.2, 0) is 4.79 Å². The van der Waals surface area contributed by atoms with E-state index >= 15 is 0 Å². The fourth-order valence-corrected chi connectivity index (χ4v) is 4.99. The minimum Gasteiger partial charge on any atom is -0.486 e. The molecule has 0 N–H and O–H groups in total. The van der Waals surface area contributed by atoms with Gasteiger partial charge in [-0.2, -0.15) is 0 Å². The molecule has 28 heavy (non-hydrogen) atoms. The van der Waals surface area contributed by atoms with Crippen molar-refractivity contribution < 1.29 is 14.3 Å². The van der Waals surface area contributed by atoms with Gasteiger partial charge in [0.1, 0.15) is 13.2 Å². The van der Waals surface area contributed by atoms with Crippen molar-refractivity contribution in [1.29, 1.82) is 0 Å². The quantitative estimate of drug-likeness (QED) is 0.731. The summed E-state index contributed by atoms with van der Waals surface area (Å²) in [6.07, 6.45) is 6.50. The average Bonchev–Trinajstić information content (AvgIpc) is 3.11. The van der Waals surface area contributed by atoms with Gasteiger partial charge in [-0.3, -0.25) is 9.69 Å². The predicted octanol–water partition coefficient (Wildman–Crippen LogP) is 3.93. The van der Waals surface area contributed by atoms with E-state index in [0.717, 1.165) is 65.5 Å². The summed E-state index contributed by atoms with van der Waals surface area (Å²) in [7, 11) is 4.13. The molecule has 1 aromatic heterocycles. The number of carbonyl (C=O) groups excluding carboxylic acids is 1. The lowest BCUT2D eigenvalue weighted by Gasteiger charge is -2.28. The van der Waals surface area contributed by atoms with Gasteiger partial charge in [-0.15, -0.1) is 0 Å². The van der Waals surface area contributed by atoms with Crippen molar-refractivity contribution in [2.75, 3.05) is 45.3 Å². The van der Waals surface area contributed by atoms with E-state index in [2.05, 4.69) is 19.0 Å². The molecule has 0 atom stereocenters. The summed E-state index contributed by atoms with van der Waals surface area (Å²) in [6, 6.07) is 3.93. The molecule has 0 unspecified atom stereocenters. The number of thiazole rings is 1. The molecule has 1 amide bonds. The molecule has 0 radical (unpaired) electrons. The summed E-state index contributed by atoms with van der Waals surface area (Å²) in [6.45, 7) is 2.79. The molecule has 0 saturated heterocycles. The highest BCUT2D eigenvalue weighted by molar-refractivity contribution is 7.22. The van der Waals surface area contributed by atoms with E-state index in [-0.39, 0.29) is 11.8 Å². The maximum absolute atomic E-state index is 13.3. The molecule has 0 spiro atoms. The highest BCUT2D eigenvalue weighted by Gasteiger charge is 2.29. The van der Waals surface area contributed by atoms with E-state index in [9.17, 15) is 4.79 Å². The molecule has 152 valence electrons. The molecule has 2 aromatic rings. The third kappa shape index (κ3) is 4.25.